The number of hydrogen-bond acceptors (Lipinski definition) is 1. The number of hydrogen-bond donors (Lipinski definition) is 1. The first-order chi connectivity index (χ1) is 10.1. The van der Waals surface area contributed by atoms with E-state index in [1.165, 1.54) is 46.3 Å². The maximum absolute atomic E-state index is 3.58. The average Bonchev–Trinajstić information content (AvgIpc) is 2.48. The lowest BCUT2D eigenvalue weighted by molar-refractivity contribution is 0.680. The predicted molar refractivity (Wildman–Crippen MR) is 91.2 cm³/mol. The number of anilines is 1. The molecule has 1 unspecified atom stereocenters. The van der Waals surface area contributed by atoms with E-state index in [9.17, 15) is 0 Å². The second-order valence-electron chi connectivity index (χ2n) is 6.51. The Kier molecular flexibility index (Phi) is 4.01. The highest BCUT2D eigenvalue weighted by Crippen LogP contribution is 2.26. The van der Waals surface area contributed by atoms with Crippen LogP contribution in [0.5, 0.6) is 0 Å². The van der Waals surface area contributed by atoms with Crippen LogP contribution in [0.4, 0.5) is 5.69 Å². The van der Waals surface area contributed by atoms with Gasteiger partial charge in [0.15, 0.2) is 0 Å². The first kappa shape index (κ1) is 14.2. The fraction of sp³-hybridized carbons (Fsp3) is 0.400. The fourth-order valence-corrected chi connectivity index (χ4v) is 3.21. The van der Waals surface area contributed by atoms with Crippen LogP contribution in [-0.4, -0.2) is 6.04 Å². The van der Waals surface area contributed by atoms with E-state index in [1.807, 2.05) is 0 Å². The molecule has 0 aromatic heterocycles. The second-order valence-corrected chi connectivity index (χ2v) is 6.51. The molecule has 0 spiro atoms. The summed E-state index contributed by atoms with van der Waals surface area (Å²) in [6.07, 6.45) is 4.72. The number of aryl methyl sites for hydroxylation is 5. The molecule has 1 atom stereocenters. The Hall–Kier alpha value is -1.76. The van der Waals surface area contributed by atoms with Crippen LogP contribution in [0.15, 0.2) is 36.4 Å². The smallest absolute Gasteiger partial charge is 0.0374 e. The summed E-state index contributed by atoms with van der Waals surface area (Å²) in [4.78, 5) is 0. The van der Waals surface area contributed by atoms with E-state index in [0.717, 1.165) is 12.8 Å². The monoisotopic (exact) mass is 279 g/mol. The third kappa shape index (κ3) is 3.29. The van der Waals surface area contributed by atoms with E-state index >= 15 is 0 Å². The van der Waals surface area contributed by atoms with Gasteiger partial charge in [0.05, 0.1) is 0 Å². The Morgan fingerprint density at radius 2 is 1.90 bits per heavy atom. The molecule has 1 aliphatic heterocycles. The fourth-order valence-electron chi connectivity index (χ4n) is 3.21. The maximum atomic E-state index is 3.58. The van der Waals surface area contributed by atoms with Crippen molar-refractivity contribution in [3.63, 3.8) is 0 Å². The van der Waals surface area contributed by atoms with E-state index in [4.69, 9.17) is 0 Å². The van der Waals surface area contributed by atoms with Gasteiger partial charge in [-0.2, -0.15) is 0 Å². The quantitative estimate of drug-likeness (QED) is 0.848. The zero-order chi connectivity index (χ0) is 14.8. The number of rotatable bonds is 3. The number of benzene rings is 2. The van der Waals surface area contributed by atoms with Crippen LogP contribution in [-0.2, 0) is 19.3 Å². The SMILES string of the molecule is Cc1ccc(C)c(CCc2ccc3c(c2)CCC(C)N3)c1. The minimum absolute atomic E-state index is 0.610. The topological polar surface area (TPSA) is 12.0 Å². The highest BCUT2D eigenvalue weighted by atomic mass is 14.9. The summed E-state index contributed by atoms with van der Waals surface area (Å²) >= 11 is 0. The molecular formula is C20H25N. The van der Waals surface area contributed by atoms with Crippen LogP contribution < -0.4 is 5.32 Å². The van der Waals surface area contributed by atoms with Gasteiger partial charge in [0.1, 0.15) is 0 Å². The van der Waals surface area contributed by atoms with Gasteiger partial charge in [-0.3, -0.25) is 0 Å². The van der Waals surface area contributed by atoms with Crippen molar-refractivity contribution in [2.45, 2.75) is 52.5 Å². The lowest BCUT2D eigenvalue weighted by Crippen LogP contribution is -2.21. The summed E-state index contributed by atoms with van der Waals surface area (Å²) in [5.41, 5.74) is 8.55. The highest BCUT2D eigenvalue weighted by Gasteiger charge is 2.14. The average molecular weight is 279 g/mol. The number of nitrogens with one attached hydrogen (secondary N) is 1. The zero-order valence-electron chi connectivity index (χ0n) is 13.4. The molecule has 0 fully saturated rings. The Morgan fingerprint density at radius 1 is 1.05 bits per heavy atom. The molecule has 0 aliphatic carbocycles. The molecular weight excluding hydrogens is 254 g/mol. The van der Waals surface area contributed by atoms with Crippen LogP contribution in [0.25, 0.3) is 0 Å². The molecule has 1 heteroatoms. The van der Waals surface area contributed by atoms with Crippen LogP contribution in [0.3, 0.4) is 0 Å². The molecule has 2 aromatic rings. The van der Waals surface area contributed by atoms with Gasteiger partial charge in [0.2, 0.25) is 0 Å². The van der Waals surface area contributed by atoms with Gasteiger partial charge in [0, 0.05) is 11.7 Å². The molecule has 1 N–H and O–H groups in total. The lowest BCUT2D eigenvalue weighted by Gasteiger charge is -2.24. The normalized spacial score (nSPS) is 17.2. The summed E-state index contributed by atoms with van der Waals surface area (Å²) in [6, 6.07) is 14.3. The van der Waals surface area contributed by atoms with Gasteiger partial charge in [-0.25, -0.2) is 0 Å². The molecule has 0 radical (unpaired) electrons. The summed E-state index contributed by atoms with van der Waals surface area (Å²) < 4.78 is 0. The first-order valence-corrected chi connectivity index (χ1v) is 8.06. The van der Waals surface area contributed by atoms with Gasteiger partial charge in [-0.1, -0.05) is 35.9 Å². The van der Waals surface area contributed by atoms with Crippen molar-refractivity contribution in [3.05, 3.63) is 64.2 Å². The van der Waals surface area contributed by atoms with Gasteiger partial charge in [-0.05, 0) is 74.8 Å². The molecule has 1 nitrogen and oxygen atoms in total. The standard InChI is InChI=1S/C20H25N/c1-14-4-5-15(2)18(12-14)10-7-17-8-11-20-19(13-17)9-6-16(3)21-20/h4-5,8,11-13,16,21H,6-7,9-10H2,1-3H3. The second kappa shape index (κ2) is 5.93. The van der Waals surface area contributed by atoms with Crippen LogP contribution in [0, 0.1) is 13.8 Å². The highest BCUT2D eigenvalue weighted by molar-refractivity contribution is 5.55. The Labute approximate surface area is 128 Å². The van der Waals surface area contributed by atoms with Gasteiger partial charge in [-0.15, -0.1) is 0 Å². The minimum atomic E-state index is 0.610. The van der Waals surface area contributed by atoms with E-state index in [-0.39, 0.29) is 0 Å². The third-order valence-electron chi connectivity index (χ3n) is 4.61. The van der Waals surface area contributed by atoms with Crippen molar-refractivity contribution in [3.8, 4) is 0 Å². The third-order valence-corrected chi connectivity index (χ3v) is 4.61. The molecule has 1 aliphatic rings. The molecule has 0 saturated carbocycles. The first-order valence-electron chi connectivity index (χ1n) is 8.06. The van der Waals surface area contributed by atoms with Crippen molar-refractivity contribution in [2.75, 3.05) is 5.32 Å². The van der Waals surface area contributed by atoms with Gasteiger partial charge in [0.25, 0.3) is 0 Å². The predicted octanol–water partition coefficient (Wildman–Crippen LogP) is 4.84. The van der Waals surface area contributed by atoms with Gasteiger partial charge < -0.3 is 5.32 Å². The van der Waals surface area contributed by atoms with Crippen LogP contribution >= 0.6 is 0 Å². The van der Waals surface area contributed by atoms with Crippen molar-refractivity contribution < 1.29 is 0 Å². The van der Waals surface area contributed by atoms with Crippen LogP contribution in [0.1, 0.15) is 41.2 Å². The Balaban J connectivity index is 1.72. The van der Waals surface area contributed by atoms with Crippen molar-refractivity contribution in [1.82, 2.24) is 0 Å². The van der Waals surface area contributed by atoms with Crippen molar-refractivity contribution in [2.24, 2.45) is 0 Å². The van der Waals surface area contributed by atoms with E-state index in [1.54, 1.807) is 0 Å². The summed E-state index contributed by atoms with van der Waals surface area (Å²) in [5.74, 6) is 0. The Morgan fingerprint density at radius 3 is 2.76 bits per heavy atom. The van der Waals surface area contributed by atoms with E-state index in [2.05, 4.69) is 62.5 Å². The molecule has 0 amide bonds. The molecule has 3 rings (SSSR count). The molecule has 2 aromatic carbocycles. The molecule has 0 bridgehead atoms. The van der Waals surface area contributed by atoms with Crippen molar-refractivity contribution >= 4 is 5.69 Å². The van der Waals surface area contributed by atoms with Crippen LogP contribution in [0.2, 0.25) is 0 Å². The molecule has 110 valence electrons. The Bertz CT molecular complexity index is 642. The zero-order valence-corrected chi connectivity index (χ0v) is 13.4. The lowest BCUT2D eigenvalue weighted by atomic mass is 9.94. The molecule has 21 heavy (non-hydrogen) atoms. The van der Waals surface area contributed by atoms with Gasteiger partial charge >= 0.3 is 0 Å². The van der Waals surface area contributed by atoms with Crippen molar-refractivity contribution in [1.29, 1.82) is 0 Å². The van der Waals surface area contributed by atoms with E-state index in [0.29, 0.717) is 6.04 Å². The summed E-state index contributed by atoms with van der Waals surface area (Å²) in [5, 5.41) is 3.58. The summed E-state index contributed by atoms with van der Waals surface area (Å²) in [6.45, 7) is 6.65. The van der Waals surface area contributed by atoms with E-state index < -0.39 is 0 Å². The maximum Gasteiger partial charge on any atom is 0.0374 e. The minimum Gasteiger partial charge on any atom is -0.382 e. The summed E-state index contributed by atoms with van der Waals surface area (Å²) in [7, 11) is 0. The largest absolute Gasteiger partial charge is 0.382 e. The number of fused-ring (bicyclic) bond motifs is 1. The molecule has 1 heterocycles. The molecule has 0 saturated heterocycles.